The van der Waals surface area contributed by atoms with Crippen LogP contribution in [0.3, 0.4) is 0 Å². The molecule has 0 saturated carbocycles. The van der Waals surface area contributed by atoms with Gasteiger partial charge < -0.3 is 9.15 Å². The molecule has 110 valence electrons. The molecule has 3 rings (SSSR count). The number of hydrogen-bond acceptors (Lipinski definition) is 6. The summed E-state index contributed by atoms with van der Waals surface area (Å²) in [4.78, 5) is 23.9. The first kappa shape index (κ1) is 13.7. The summed E-state index contributed by atoms with van der Waals surface area (Å²) < 4.78 is 10.0. The van der Waals surface area contributed by atoms with Gasteiger partial charge in [0.2, 0.25) is 0 Å². The van der Waals surface area contributed by atoms with Gasteiger partial charge in [-0.1, -0.05) is 30.3 Å². The molecule has 7 nitrogen and oxygen atoms in total. The van der Waals surface area contributed by atoms with E-state index in [9.17, 15) is 4.79 Å². The smallest absolute Gasteiger partial charge is 0.420 e. The third-order valence-electron chi connectivity index (χ3n) is 2.70. The minimum Gasteiger partial charge on any atom is -0.432 e. The van der Waals surface area contributed by atoms with Crippen LogP contribution in [-0.2, 0) is 0 Å². The molecule has 2 aromatic heterocycles. The first-order chi connectivity index (χ1) is 10.7. The maximum absolute atomic E-state index is 11.7. The number of aromatic nitrogens is 3. The Kier molecular flexibility index (Phi) is 3.78. The molecule has 0 aliphatic rings. The molecule has 0 bridgehead atoms. The summed E-state index contributed by atoms with van der Waals surface area (Å²) in [5.41, 5.74) is 1.54. The molecule has 0 saturated heterocycles. The van der Waals surface area contributed by atoms with Crippen LogP contribution >= 0.6 is 0 Å². The molecular formula is C15H12N4O3. The molecule has 3 aromatic rings. The first-order valence-electron chi connectivity index (χ1n) is 6.49. The van der Waals surface area contributed by atoms with E-state index in [1.165, 1.54) is 18.7 Å². The molecule has 0 aliphatic heterocycles. The number of rotatable bonds is 3. The highest BCUT2D eigenvalue weighted by Gasteiger charge is 2.10. The summed E-state index contributed by atoms with van der Waals surface area (Å²) in [5.74, 6) is 0.775. The van der Waals surface area contributed by atoms with Gasteiger partial charge in [-0.3, -0.25) is 0 Å². The Balaban J connectivity index is 1.65. The molecule has 7 heteroatoms. The van der Waals surface area contributed by atoms with Crippen LogP contribution in [0.5, 0.6) is 5.75 Å². The quantitative estimate of drug-likeness (QED) is 0.798. The van der Waals surface area contributed by atoms with E-state index in [1.807, 2.05) is 30.3 Å². The van der Waals surface area contributed by atoms with Crippen molar-refractivity contribution in [3.8, 4) is 17.1 Å². The fourth-order valence-electron chi connectivity index (χ4n) is 1.74. The van der Waals surface area contributed by atoms with Gasteiger partial charge in [0.1, 0.15) is 6.26 Å². The van der Waals surface area contributed by atoms with Gasteiger partial charge in [0.25, 0.3) is 0 Å². The highest BCUT2D eigenvalue weighted by molar-refractivity contribution is 5.83. The number of oxazole rings is 1. The molecule has 2 heterocycles. The van der Waals surface area contributed by atoms with Crippen LogP contribution in [0, 0.1) is 6.92 Å². The zero-order valence-corrected chi connectivity index (χ0v) is 11.7. The van der Waals surface area contributed by atoms with E-state index in [0.717, 1.165) is 5.56 Å². The van der Waals surface area contributed by atoms with Gasteiger partial charge >= 0.3 is 12.1 Å². The summed E-state index contributed by atoms with van der Waals surface area (Å²) >= 11 is 0. The van der Waals surface area contributed by atoms with Crippen LogP contribution in [-0.4, -0.2) is 21.0 Å². The fraction of sp³-hybridized carbons (Fsp3) is 0.0667. The van der Waals surface area contributed by atoms with E-state index < -0.39 is 6.09 Å². The van der Waals surface area contributed by atoms with Gasteiger partial charge in [-0.05, 0) is 6.92 Å². The van der Waals surface area contributed by atoms with Crippen molar-refractivity contribution in [1.29, 1.82) is 0 Å². The Morgan fingerprint density at radius 2 is 1.91 bits per heavy atom. The van der Waals surface area contributed by atoms with Crippen LogP contribution in [0.4, 0.5) is 10.8 Å². The van der Waals surface area contributed by atoms with Crippen molar-refractivity contribution in [1.82, 2.24) is 15.0 Å². The van der Waals surface area contributed by atoms with Crippen molar-refractivity contribution in [3.05, 3.63) is 54.7 Å². The second kappa shape index (κ2) is 6.04. The SMILES string of the molecule is Cc1coc(NC(=O)Oc2cnc(-c3ccccc3)nc2)n1. The Hall–Kier alpha value is -3.22. The largest absolute Gasteiger partial charge is 0.432 e. The number of ether oxygens (including phenoxy) is 1. The number of nitrogens with zero attached hydrogens (tertiary/aromatic N) is 3. The lowest BCUT2D eigenvalue weighted by Crippen LogP contribution is -2.17. The zero-order valence-electron chi connectivity index (χ0n) is 11.7. The minimum atomic E-state index is -0.724. The molecule has 1 N–H and O–H groups in total. The molecule has 22 heavy (non-hydrogen) atoms. The maximum Gasteiger partial charge on any atom is 0.420 e. The molecule has 0 aliphatic carbocycles. The lowest BCUT2D eigenvalue weighted by Gasteiger charge is -2.04. The number of carbonyl (C=O) groups excluding carboxylic acids is 1. The fourth-order valence-corrected chi connectivity index (χ4v) is 1.74. The third-order valence-corrected chi connectivity index (χ3v) is 2.70. The number of benzene rings is 1. The molecule has 0 fully saturated rings. The number of carbonyl (C=O) groups is 1. The predicted octanol–water partition coefficient (Wildman–Crippen LogP) is 3.05. The van der Waals surface area contributed by atoms with Gasteiger partial charge in [0, 0.05) is 5.56 Å². The van der Waals surface area contributed by atoms with Crippen molar-refractivity contribution in [2.75, 3.05) is 5.32 Å². The minimum absolute atomic E-state index is 0.0734. The summed E-state index contributed by atoms with van der Waals surface area (Å²) in [6, 6.07) is 9.57. The average molecular weight is 296 g/mol. The van der Waals surface area contributed by atoms with Gasteiger partial charge in [-0.25, -0.2) is 20.1 Å². The van der Waals surface area contributed by atoms with Crippen LogP contribution in [0.1, 0.15) is 5.69 Å². The maximum atomic E-state index is 11.7. The lowest BCUT2D eigenvalue weighted by molar-refractivity contribution is 0.214. The monoisotopic (exact) mass is 296 g/mol. The van der Waals surface area contributed by atoms with Gasteiger partial charge in [-0.15, -0.1) is 0 Å². The molecule has 0 spiro atoms. The Labute approximate surface area is 126 Å². The molecular weight excluding hydrogens is 284 g/mol. The van der Waals surface area contributed by atoms with Crippen LogP contribution in [0.15, 0.2) is 53.4 Å². The zero-order chi connectivity index (χ0) is 15.4. The van der Waals surface area contributed by atoms with E-state index in [2.05, 4.69) is 20.3 Å². The molecule has 1 amide bonds. The van der Waals surface area contributed by atoms with Crippen molar-refractivity contribution in [2.24, 2.45) is 0 Å². The molecule has 0 atom stereocenters. The van der Waals surface area contributed by atoms with Crippen LogP contribution in [0.25, 0.3) is 11.4 Å². The summed E-state index contributed by atoms with van der Waals surface area (Å²) in [5, 5.41) is 2.36. The summed E-state index contributed by atoms with van der Waals surface area (Å²) in [7, 11) is 0. The number of aryl methyl sites for hydroxylation is 1. The Bertz CT molecular complexity index is 769. The Morgan fingerprint density at radius 3 is 2.55 bits per heavy atom. The molecule has 1 aromatic carbocycles. The lowest BCUT2D eigenvalue weighted by atomic mass is 10.2. The van der Waals surface area contributed by atoms with E-state index in [1.54, 1.807) is 6.92 Å². The topological polar surface area (TPSA) is 90.1 Å². The number of amides is 1. The summed E-state index contributed by atoms with van der Waals surface area (Å²) in [6.45, 7) is 1.75. The highest BCUT2D eigenvalue weighted by atomic mass is 16.6. The van der Waals surface area contributed by atoms with Crippen molar-refractivity contribution >= 4 is 12.1 Å². The van der Waals surface area contributed by atoms with Gasteiger partial charge in [0.15, 0.2) is 11.6 Å². The number of hydrogen-bond donors (Lipinski definition) is 1. The molecule has 0 unspecified atom stereocenters. The van der Waals surface area contributed by atoms with E-state index in [0.29, 0.717) is 11.5 Å². The van der Waals surface area contributed by atoms with Crippen LogP contribution < -0.4 is 10.1 Å². The van der Waals surface area contributed by atoms with Gasteiger partial charge in [0.05, 0.1) is 18.1 Å². The van der Waals surface area contributed by atoms with Crippen LogP contribution in [0.2, 0.25) is 0 Å². The van der Waals surface area contributed by atoms with Gasteiger partial charge in [-0.2, -0.15) is 4.98 Å². The molecule has 0 radical (unpaired) electrons. The summed E-state index contributed by atoms with van der Waals surface area (Å²) in [6.07, 6.45) is 3.55. The second-order valence-corrected chi connectivity index (χ2v) is 4.42. The van der Waals surface area contributed by atoms with Crippen molar-refractivity contribution < 1.29 is 13.9 Å². The van der Waals surface area contributed by atoms with E-state index >= 15 is 0 Å². The Morgan fingerprint density at radius 1 is 1.18 bits per heavy atom. The normalized spacial score (nSPS) is 10.2. The predicted molar refractivity (Wildman–Crippen MR) is 78.4 cm³/mol. The van der Waals surface area contributed by atoms with E-state index in [4.69, 9.17) is 9.15 Å². The third kappa shape index (κ3) is 3.26. The number of anilines is 1. The first-order valence-corrected chi connectivity index (χ1v) is 6.49. The highest BCUT2D eigenvalue weighted by Crippen LogP contribution is 2.16. The average Bonchev–Trinajstić information content (AvgIpc) is 2.94. The van der Waals surface area contributed by atoms with Crippen molar-refractivity contribution in [3.63, 3.8) is 0 Å². The van der Waals surface area contributed by atoms with Crippen molar-refractivity contribution in [2.45, 2.75) is 6.92 Å². The number of nitrogens with one attached hydrogen (secondary N) is 1. The standard InChI is InChI=1S/C15H12N4O3/c1-10-9-21-14(18-10)19-15(20)22-12-7-16-13(17-8-12)11-5-3-2-4-6-11/h2-9H,1H3,(H,18,19,20). The van der Waals surface area contributed by atoms with E-state index in [-0.39, 0.29) is 11.8 Å². The second-order valence-electron chi connectivity index (χ2n) is 4.42.